The van der Waals surface area contributed by atoms with Gasteiger partial charge in [0.15, 0.2) is 0 Å². The molecular formula is CH4OSSi. The smallest absolute Gasteiger partial charge is 0.202 e. The molecule has 0 aliphatic rings. The predicted molar refractivity (Wildman–Crippen MR) is 24.6 cm³/mol. The fourth-order valence-corrected chi connectivity index (χ4v) is 0. The van der Waals surface area contributed by atoms with E-state index in [4.69, 9.17) is 4.79 Å². The Morgan fingerprint density at radius 3 is 1.75 bits per heavy atom. The third kappa shape index (κ3) is 7320. The standard InChI is InChI=1S/COS.H4Si/c2-1-3;/h;1H4. The van der Waals surface area contributed by atoms with E-state index in [0.29, 0.717) is 0 Å². The van der Waals surface area contributed by atoms with Gasteiger partial charge in [0.2, 0.25) is 5.23 Å². The molecule has 0 atom stereocenters. The van der Waals surface area contributed by atoms with Gasteiger partial charge in [0.05, 0.1) is 0 Å². The van der Waals surface area contributed by atoms with E-state index in [2.05, 4.69) is 12.2 Å². The van der Waals surface area contributed by atoms with Gasteiger partial charge in [0.25, 0.3) is 0 Å². The molecule has 0 heterocycles. The second-order valence-corrected chi connectivity index (χ2v) is 0.250. The van der Waals surface area contributed by atoms with Crippen LogP contribution in [0.15, 0.2) is 0 Å². The summed E-state index contributed by atoms with van der Waals surface area (Å²) in [6.07, 6.45) is 0. The van der Waals surface area contributed by atoms with Gasteiger partial charge >= 0.3 is 0 Å². The van der Waals surface area contributed by atoms with Crippen molar-refractivity contribution in [3.05, 3.63) is 0 Å². The van der Waals surface area contributed by atoms with Crippen molar-refractivity contribution >= 4 is 28.4 Å². The Balaban J connectivity index is 0. The highest BCUT2D eigenvalue weighted by molar-refractivity contribution is 7.78. The number of thiocarbonyl (C=S) groups is 1. The van der Waals surface area contributed by atoms with Crippen molar-refractivity contribution in [2.24, 2.45) is 0 Å². The van der Waals surface area contributed by atoms with Crippen LogP contribution >= 0.6 is 12.2 Å². The Morgan fingerprint density at radius 1 is 1.75 bits per heavy atom. The third-order valence-corrected chi connectivity index (χ3v) is 0. The lowest BCUT2D eigenvalue weighted by molar-refractivity contribution is 0.572. The van der Waals surface area contributed by atoms with Gasteiger partial charge in [-0.2, -0.15) is 0 Å². The van der Waals surface area contributed by atoms with Crippen LogP contribution in [0.3, 0.4) is 0 Å². The molecule has 0 aliphatic carbocycles. The van der Waals surface area contributed by atoms with Gasteiger partial charge in [-0.3, -0.25) is 0 Å². The summed E-state index contributed by atoms with van der Waals surface area (Å²) in [5.41, 5.74) is 0. The monoisotopic (exact) mass is 92.0 g/mol. The van der Waals surface area contributed by atoms with Gasteiger partial charge in [-0.1, -0.05) is 0 Å². The molecule has 0 aromatic carbocycles. The fraction of sp³-hybridized carbons (Fsp3) is 0. The molecule has 0 saturated heterocycles. The molecule has 0 spiro atoms. The minimum absolute atomic E-state index is 0. The van der Waals surface area contributed by atoms with E-state index in [0.717, 1.165) is 5.23 Å². The third-order valence-electron chi connectivity index (χ3n) is 0. The quantitative estimate of drug-likeness (QED) is 0.276. The first-order chi connectivity index (χ1) is 1.41. The second-order valence-electron chi connectivity index (χ2n) is 0.0833. The SMILES string of the molecule is O=C=S.[SiH4]. The molecule has 0 unspecified atom stereocenters. The van der Waals surface area contributed by atoms with Crippen molar-refractivity contribution < 1.29 is 4.79 Å². The molecule has 0 saturated carbocycles. The molecule has 1 nitrogen and oxygen atoms in total. The molecule has 3 heteroatoms. The van der Waals surface area contributed by atoms with Crippen LogP contribution < -0.4 is 0 Å². The Labute approximate surface area is 34.0 Å². The molecule has 24 valence electrons. The summed E-state index contributed by atoms with van der Waals surface area (Å²) in [6.45, 7) is 0. The van der Waals surface area contributed by atoms with E-state index < -0.39 is 0 Å². The van der Waals surface area contributed by atoms with Crippen LogP contribution in [0.5, 0.6) is 0 Å². The minimum atomic E-state index is 0. The number of rotatable bonds is 0. The van der Waals surface area contributed by atoms with Crippen LogP contribution in [-0.2, 0) is 4.79 Å². The van der Waals surface area contributed by atoms with Gasteiger partial charge in [-0.25, -0.2) is 4.79 Å². The van der Waals surface area contributed by atoms with E-state index in [-0.39, 0.29) is 11.0 Å². The average Bonchev–Trinajstić information content (AvgIpc) is 0.918. The van der Waals surface area contributed by atoms with Crippen molar-refractivity contribution in [2.45, 2.75) is 0 Å². The zero-order valence-corrected chi connectivity index (χ0v) is 2.13. The average molecular weight is 92.2 g/mol. The van der Waals surface area contributed by atoms with Gasteiger partial charge in [-0.05, 0) is 11.0 Å². The van der Waals surface area contributed by atoms with Gasteiger partial charge in [0, 0.05) is 12.2 Å². The summed E-state index contributed by atoms with van der Waals surface area (Å²) in [6, 6.07) is 0. The zero-order chi connectivity index (χ0) is 2.71. The fourth-order valence-electron chi connectivity index (χ4n) is 0. The summed E-state index contributed by atoms with van der Waals surface area (Å²) in [4.78, 5) is 8.50. The van der Waals surface area contributed by atoms with E-state index in [1.165, 1.54) is 0 Å². The topological polar surface area (TPSA) is 17.1 Å². The van der Waals surface area contributed by atoms with Crippen LogP contribution in [-0.4, -0.2) is 16.2 Å². The highest BCUT2D eigenvalue weighted by Crippen LogP contribution is 1.14. The molecule has 0 fully saturated rings. The van der Waals surface area contributed by atoms with Crippen molar-refractivity contribution in [3.63, 3.8) is 0 Å². The second kappa shape index (κ2) is 11.9. The first kappa shape index (κ1) is 8.99. The Kier molecular flexibility index (Phi) is 26.7. The van der Waals surface area contributed by atoms with Crippen LogP contribution in [0.4, 0.5) is 0 Å². The van der Waals surface area contributed by atoms with E-state index in [9.17, 15) is 0 Å². The molecule has 0 bridgehead atoms. The normalized spacial score (nSPS) is 2.00. The van der Waals surface area contributed by atoms with Crippen molar-refractivity contribution in [2.75, 3.05) is 0 Å². The Hall–Kier alpha value is 0.0169. The molecule has 0 aromatic heterocycles. The van der Waals surface area contributed by atoms with Crippen LogP contribution in [0.25, 0.3) is 0 Å². The summed E-state index contributed by atoms with van der Waals surface area (Å²) in [7, 11) is 0. The summed E-state index contributed by atoms with van der Waals surface area (Å²) in [5, 5.41) is 1.08. The molecule has 0 rings (SSSR count). The highest BCUT2D eigenvalue weighted by Gasteiger charge is 1.07. The van der Waals surface area contributed by atoms with Gasteiger partial charge in [-0.15, -0.1) is 0 Å². The maximum absolute atomic E-state index is 8.50. The summed E-state index contributed by atoms with van der Waals surface area (Å²) < 4.78 is 0. The maximum atomic E-state index is 8.50. The maximum Gasteiger partial charge on any atom is 0.202 e. The molecule has 0 aromatic rings. The molecular weight excluding hydrogens is 88.2 g/mol. The Bertz CT molecular complexity index is 29.0. The lowest BCUT2D eigenvalue weighted by Gasteiger charge is -0.970. The summed E-state index contributed by atoms with van der Waals surface area (Å²) in [5.74, 6) is 0. The van der Waals surface area contributed by atoms with E-state index in [1.807, 2.05) is 0 Å². The Morgan fingerprint density at radius 2 is 1.75 bits per heavy atom. The summed E-state index contributed by atoms with van der Waals surface area (Å²) >= 11 is 3.59. The first-order valence-electron chi connectivity index (χ1n) is 0.408. The first-order valence-corrected chi connectivity index (χ1v) is 0.816. The molecule has 0 amide bonds. The lowest BCUT2D eigenvalue weighted by atomic mass is 11.9. The van der Waals surface area contributed by atoms with Crippen LogP contribution in [0, 0.1) is 0 Å². The number of carbonyl (C=O) groups excluding carboxylic acids is 1. The lowest BCUT2D eigenvalue weighted by Crippen LogP contribution is -1.08. The molecule has 0 aliphatic heterocycles. The molecule has 4 heavy (non-hydrogen) atoms. The van der Waals surface area contributed by atoms with Crippen molar-refractivity contribution in [1.29, 1.82) is 0 Å². The van der Waals surface area contributed by atoms with Crippen molar-refractivity contribution in [3.8, 4) is 0 Å². The van der Waals surface area contributed by atoms with Crippen molar-refractivity contribution in [1.82, 2.24) is 0 Å². The highest BCUT2D eigenvalue weighted by atomic mass is 32.1. The van der Waals surface area contributed by atoms with Gasteiger partial charge in [0.1, 0.15) is 0 Å². The number of hydrogen-bond acceptors (Lipinski definition) is 2. The number of hydrogen-bond donors (Lipinski definition) is 0. The predicted octanol–water partition coefficient (Wildman–Crippen LogP) is -1.20. The molecule has 0 radical (unpaired) electrons. The van der Waals surface area contributed by atoms with E-state index in [1.54, 1.807) is 0 Å². The van der Waals surface area contributed by atoms with Crippen LogP contribution in [0.2, 0.25) is 0 Å². The molecule has 0 N–H and O–H groups in total. The van der Waals surface area contributed by atoms with Crippen LogP contribution in [0.1, 0.15) is 0 Å². The largest absolute Gasteiger partial charge is 0.220 e. The minimum Gasteiger partial charge on any atom is -0.220 e. The zero-order valence-electron chi connectivity index (χ0n) is 1.32. The van der Waals surface area contributed by atoms with Gasteiger partial charge < -0.3 is 0 Å². The van der Waals surface area contributed by atoms with E-state index >= 15 is 0 Å².